The highest BCUT2D eigenvalue weighted by atomic mass is 35.5. The molecule has 1 saturated carbocycles. The molecule has 0 unspecified atom stereocenters. The van der Waals surface area contributed by atoms with Crippen molar-refractivity contribution < 1.29 is 13.9 Å². The van der Waals surface area contributed by atoms with Crippen LogP contribution in [0.25, 0.3) is 0 Å². The molecule has 6 heteroatoms. The van der Waals surface area contributed by atoms with E-state index < -0.39 is 0 Å². The summed E-state index contributed by atoms with van der Waals surface area (Å²) in [5.41, 5.74) is 0.460. The second kappa shape index (κ2) is 7.81. The minimum absolute atomic E-state index is 0.0695. The number of hydrogen-bond acceptors (Lipinski definition) is 3. The van der Waals surface area contributed by atoms with Gasteiger partial charge in [-0.1, -0.05) is 24.1 Å². The Labute approximate surface area is 147 Å². The highest BCUT2D eigenvalue weighted by Gasteiger charge is 2.31. The van der Waals surface area contributed by atoms with Crippen LogP contribution in [0.2, 0.25) is 5.02 Å². The lowest BCUT2D eigenvalue weighted by molar-refractivity contribution is -0.127. The van der Waals surface area contributed by atoms with E-state index in [0.717, 1.165) is 19.3 Å². The normalized spacial score (nSPS) is 23.5. The molecular weight excluding hydrogens is 331 g/mol. The topological polar surface area (TPSA) is 41.6 Å². The van der Waals surface area contributed by atoms with Gasteiger partial charge in [0.25, 0.3) is 0 Å². The minimum Gasteiger partial charge on any atom is -0.376 e. The van der Waals surface area contributed by atoms with Crippen molar-refractivity contribution in [1.82, 2.24) is 10.2 Å². The molecule has 4 nitrogen and oxygen atoms in total. The highest BCUT2D eigenvalue weighted by Crippen LogP contribution is 2.32. The molecule has 1 heterocycles. The van der Waals surface area contributed by atoms with Crippen molar-refractivity contribution in [3.63, 3.8) is 0 Å². The van der Waals surface area contributed by atoms with Crippen molar-refractivity contribution in [2.45, 2.75) is 38.3 Å². The summed E-state index contributed by atoms with van der Waals surface area (Å²) in [7, 11) is 0. The van der Waals surface area contributed by atoms with Crippen LogP contribution in [0.1, 0.15) is 37.8 Å². The van der Waals surface area contributed by atoms with Gasteiger partial charge in [-0.05, 0) is 31.9 Å². The Morgan fingerprint density at radius 1 is 1.50 bits per heavy atom. The van der Waals surface area contributed by atoms with Gasteiger partial charge in [-0.3, -0.25) is 9.69 Å². The van der Waals surface area contributed by atoms with Gasteiger partial charge >= 0.3 is 0 Å². The van der Waals surface area contributed by atoms with Gasteiger partial charge in [0, 0.05) is 36.1 Å². The van der Waals surface area contributed by atoms with Crippen LogP contribution in [-0.4, -0.2) is 43.2 Å². The van der Waals surface area contributed by atoms with Crippen LogP contribution in [0.5, 0.6) is 0 Å². The first-order chi connectivity index (χ1) is 11.6. The van der Waals surface area contributed by atoms with E-state index in [2.05, 4.69) is 10.2 Å². The van der Waals surface area contributed by atoms with Crippen molar-refractivity contribution in [2.75, 3.05) is 26.2 Å². The van der Waals surface area contributed by atoms with Crippen LogP contribution in [0, 0.1) is 11.7 Å². The lowest BCUT2D eigenvalue weighted by atomic mass is 9.85. The van der Waals surface area contributed by atoms with Crippen LogP contribution in [0.4, 0.5) is 4.39 Å². The number of nitrogens with one attached hydrogen (secondary N) is 1. The number of hydrogen-bond donors (Lipinski definition) is 1. The number of amides is 1. The zero-order valence-corrected chi connectivity index (χ0v) is 14.7. The number of ether oxygens (including phenoxy) is 1. The minimum atomic E-state index is -0.329. The SMILES string of the molecule is C[C@@H]1CN([C@H](CNC(=O)C2CCC2)c2c(F)cccc2Cl)CCO1. The average Bonchev–Trinajstić information content (AvgIpc) is 2.48. The summed E-state index contributed by atoms with van der Waals surface area (Å²) in [6.07, 6.45) is 3.09. The molecule has 1 N–H and O–H groups in total. The third-order valence-electron chi connectivity index (χ3n) is 4.99. The number of benzene rings is 1. The number of morpholine rings is 1. The molecule has 3 rings (SSSR count). The summed E-state index contributed by atoms with van der Waals surface area (Å²) in [5.74, 6) is -0.144. The zero-order chi connectivity index (χ0) is 17.1. The predicted molar refractivity (Wildman–Crippen MR) is 91.5 cm³/mol. The molecule has 1 aliphatic heterocycles. The molecule has 1 aromatic carbocycles. The van der Waals surface area contributed by atoms with Gasteiger partial charge in [0.2, 0.25) is 5.91 Å². The van der Waals surface area contributed by atoms with Crippen molar-refractivity contribution in [3.05, 3.63) is 34.6 Å². The van der Waals surface area contributed by atoms with E-state index in [1.807, 2.05) is 6.92 Å². The first kappa shape index (κ1) is 17.6. The van der Waals surface area contributed by atoms with Gasteiger partial charge in [-0.2, -0.15) is 0 Å². The predicted octanol–water partition coefficient (Wildman–Crippen LogP) is 3.16. The molecule has 24 heavy (non-hydrogen) atoms. The van der Waals surface area contributed by atoms with Crippen LogP contribution >= 0.6 is 11.6 Å². The monoisotopic (exact) mass is 354 g/mol. The molecule has 0 radical (unpaired) electrons. The molecule has 1 aliphatic carbocycles. The summed E-state index contributed by atoms with van der Waals surface area (Å²) < 4.78 is 20.0. The first-order valence-electron chi connectivity index (χ1n) is 8.63. The van der Waals surface area contributed by atoms with Gasteiger partial charge in [-0.25, -0.2) is 4.39 Å². The van der Waals surface area contributed by atoms with E-state index in [4.69, 9.17) is 16.3 Å². The maximum atomic E-state index is 14.5. The number of carbonyl (C=O) groups is 1. The van der Waals surface area contributed by atoms with Crippen LogP contribution < -0.4 is 5.32 Å². The maximum absolute atomic E-state index is 14.5. The van der Waals surface area contributed by atoms with E-state index in [0.29, 0.717) is 36.8 Å². The Hall–Kier alpha value is -1.17. The fraction of sp³-hybridized carbons (Fsp3) is 0.611. The van der Waals surface area contributed by atoms with E-state index in [9.17, 15) is 9.18 Å². The Balaban J connectivity index is 1.78. The molecule has 1 saturated heterocycles. The highest BCUT2D eigenvalue weighted by molar-refractivity contribution is 6.31. The molecule has 1 amide bonds. The maximum Gasteiger partial charge on any atom is 0.223 e. The molecule has 1 aromatic rings. The fourth-order valence-corrected chi connectivity index (χ4v) is 3.67. The molecular formula is C18H24ClFN2O2. The Kier molecular flexibility index (Phi) is 5.74. The zero-order valence-electron chi connectivity index (χ0n) is 13.9. The largest absolute Gasteiger partial charge is 0.376 e. The Morgan fingerprint density at radius 2 is 2.29 bits per heavy atom. The van der Waals surface area contributed by atoms with Crippen LogP contribution in [0.3, 0.4) is 0 Å². The second-order valence-electron chi connectivity index (χ2n) is 6.70. The number of nitrogens with zero attached hydrogens (tertiary/aromatic N) is 1. The van der Waals surface area contributed by atoms with Gasteiger partial charge in [-0.15, -0.1) is 0 Å². The first-order valence-corrected chi connectivity index (χ1v) is 9.01. The lowest BCUT2D eigenvalue weighted by Crippen LogP contribution is -2.47. The van der Waals surface area contributed by atoms with Crippen LogP contribution in [-0.2, 0) is 9.53 Å². The fourth-order valence-electron chi connectivity index (χ4n) is 3.38. The molecule has 0 spiro atoms. The van der Waals surface area contributed by atoms with Crippen LogP contribution in [0.15, 0.2) is 18.2 Å². The van der Waals surface area contributed by atoms with E-state index in [-0.39, 0.29) is 29.8 Å². The average molecular weight is 355 g/mol. The van der Waals surface area contributed by atoms with E-state index in [1.165, 1.54) is 6.07 Å². The van der Waals surface area contributed by atoms with Gasteiger partial charge in [0.05, 0.1) is 18.8 Å². The summed E-state index contributed by atoms with van der Waals surface area (Å²) in [5, 5.41) is 3.40. The van der Waals surface area contributed by atoms with Gasteiger partial charge in [0.1, 0.15) is 5.82 Å². The van der Waals surface area contributed by atoms with E-state index in [1.54, 1.807) is 12.1 Å². The van der Waals surface area contributed by atoms with E-state index >= 15 is 0 Å². The lowest BCUT2D eigenvalue weighted by Gasteiger charge is -2.38. The van der Waals surface area contributed by atoms with Crippen molar-refractivity contribution in [1.29, 1.82) is 0 Å². The van der Waals surface area contributed by atoms with Gasteiger partial charge < -0.3 is 10.1 Å². The smallest absolute Gasteiger partial charge is 0.223 e. The van der Waals surface area contributed by atoms with Crippen molar-refractivity contribution in [2.24, 2.45) is 5.92 Å². The molecule has 2 atom stereocenters. The van der Waals surface area contributed by atoms with Crippen molar-refractivity contribution in [3.8, 4) is 0 Å². The standard InChI is InChI=1S/C18H24ClFN2O2/c1-12-11-22(8-9-24-12)16(10-21-18(23)13-4-2-5-13)17-14(19)6-3-7-15(17)20/h3,6-7,12-13,16H,2,4-5,8-11H2,1H3,(H,21,23)/t12-,16-/m1/s1. The van der Waals surface area contributed by atoms with Gasteiger partial charge in [0.15, 0.2) is 0 Å². The number of halogens is 2. The summed E-state index contributed by atoms with van der Waals surface area (Å²) in [6, 6.07) is 4.44. The molecule has 2 fully saturated rings. The molecule has 0 aromatic heterocycles. The molecule has 132 valence electrons. The Morgan fingerprint density at radius 3 is 2.92 bits per heavy atom. The summed E-state index contributed by atoms with van der Waals surface area (Å²) in [6.45, 7) is 4.34. The van der Waals surface area contributed by atoms with Crippen molar-refractivity contribution >= 4 is 17.5 Å². The Bertz CT molecular complexity index is 574. The summed E-state index contributed by atoms with van der Waals surface area (Å²) in [4.78, 5) is 14.3. The second-order valence-corrected chi connectivity index (χ2v) is 7.11. The quantitative estimate of drug-likeness (QED) is 0.883. The molecule has 0 bridgehead atoms. The molecule has 2 aliphatic rings. The number of carbonyl (C=O) groups excluding carboxylic acids is 1. The third kappa shape index (κ3) is 3.90. The summed E-state index contributed by atoms with van der Waals surface area (Å²) >= 11 is 6.29. The third-order valence-corrected chi connectivity index (χ3v) is 5.32. The number of rotatable bonds is 5.